The van der Waals surface area contributed by atoms with Gasteiger partial charge in [-0.05, 0) is 42.7 Å². The molecule has 6 heteroatoms. The monoisotopic (exact) mass is 346 g/mol. The zero-order valence-corrected chi connectivity index (χ0v) is 14.5. The quantitative estimate of drug-likeness (QED) is 0.792. The minimum Gasteiger partial charge on any atom is -0.465 e. The van der Waals surface area contributed by atoms with Crippen LogP contribution in [0.4, 0.5) is 16.2 Å². The molecule has 24 heavy (non-hydrogen) atoms. The van der Waals surface area contributed by atoms with Crippen molar-refractivity contribution in [3.63, 3.8) is 0 Å². The van der Waals surface area contributed by atoms with Crippen molar-refractivity contribution in [1.29, 1.82) is 0 Å². The number of hydrogen-bond acceptors (Lipinski definition) is 3. The molecule has 0 aromatic heterocycles. The van der Waals surface area contributed by atoms with Crippen LogP contribution in [-0.4, -0.2) is 19.1 Å². The number of hydrogen-bond donors (Lipinski definition) is 2. The number of ether oxygens (including phenoxy) is 1. The third-order valence-corrected chi connectivity index (χ3v) is 3.94. The second-order valence-corrected chi connectivity index (χ2v) is 5.64. The first kappa shape index (κ1) is 17.8. The molecule has 0 aliphatic heterocycles. The third kappa shape index (κ3) is 4.06. The van der Waals surface area contributed by atoms with Crippen molar-refractivity contribution < 1.29 is 14.3 Å². The molecule has 2 N–H and O–H groups in total. The molecule has 0 saturated carbocycles. The average Bonchev–Trinajstić information content (AvgIpc) is 2.57. The van der Waals surface area contributed by atoms with Gasteiger partial charge in [0.2, 0.25) is 0 Å². The maximum Gasteiger partial charge on any atom is 0.337 e. The van der Waals surface area contributed by atoms with Crippen LogP contribution in [0.3, 0.4) is 0 Å². The first-order valence-electron chi connectivity index (χ1n) is 7.50. The number of anilines is 2. The number of methoxy groups -OCH3 is 1. The van der Waals surface area contributed by atoms with Gasteiger partial charge in [-0.2, -0.15) is 0 Å². The van der Waals surface area contributed by atoms with Crippen LogP contribution in [0.15, 0.2) is 36.4 Å². The van der Waals surface area contributed by atoms with E-state index in [1.807, 2.05) is 32.0 Å². The van der Waals surface area contributed by atoms with Gasteiger partial charge in [0.25, 0.3) is 0 Å². The van der Waals surface area contributed by atoms with Gasteiger partial charge < -0.3 is 15.4 Å². The number of halogens is 1. The number of rotatable bonds is 4. The first-order valence-corrected chi connectivity index (χ1v) is 7.88. The lowest BCUT2D eigenvalue weighted by atomic mass is 10.1. The van der Waals surface area contributed by atoms with E-state index in [1.165, 1.54) is 25.3 Å². The summed E-state index contributed by atoms with van der Waals surface area (Å²) in [5.41, 5.74) is 3.43. The number of esters is 1. The molecular weight excluding hydrogens is 328 g/mol. The number of amides is 2. The minimum absolute atomic E-state index is 0.308. The van der Waals surface area contributed by atoms with Crippen LogP contribution in [0.2, 0.25) is 5.02 Å². The van der Waals surface area contributed by atoms with Gasteiger partial charge in [-0.3, -0.25) is 0 Å². The molecule has 0 fully saturated rings. The summed E-state index contributed by atoms with van der Waals surface area (Å²) in [5, 5.41) is 5.84. The Hall–Kier alpha value is -2.53. The fraction of sp³-hybridized carbons (Fsp3) is 0.222. The molecule has 5 nitrogen and oxygen atoms in total. The highest BCUT2D eigenvalue weighted by molar-refractivity contribution is 6.34. The predicted octanol–water partition coefficient (Wildman–Crippen LogP) is 4.64. The van der Waals surface area contributed by atoms with Crippen LogP contribution >= 0.6 is 11.6 Å². The molecule has 0 atom stereocenters. The smallest absolute Gasteiger partial charge is 0.337 e. The number of benzene rings is 2. The molecule has 0 aliphatic rings. The summed E-state index contributed by atoms with van der Waals surface area (Å²) in [6, 6.07) is 9.97. The molecule has 2 amide bonds. The van der Waals surface area contributed by atoms with E-state index in [1.54, 1.807) is 0 Å². The highest BCUT2D eigenvalue weighted by Crippen LogP contribution is 2.25. The molecule has 2 aromatic rings. The number of para-hydroxylation sites is 1. The lowest BCUT2D eigenvalue weighted by Crippen LogP contribution is -2.21. The average molecular weight is 347 g/mol. The van der Waals surface area contributed by atoms with Crippen LogP contribution in [0.1, 0.15) is 28.4 Å². The van der Waals surface area contributed by atoms with E-state index in [9.17, 15) is 9.59 Å². The molecule has 0 unspecified atom stereocenters. The van der Waals surface area contributed by atoms with Gasteiger partial charge in [0, 0.05) is 5.69 Å². The predicted molar refractivity (Wildman–Crippen MR) is 96.0 cm³/mol. The van der Waals surface area contributed by atoms with E-state index in [0.29, 0.717) is 16.3 Å². The lowest BCUT2D eigenvalue weighted by molar-refractivity contribution is 0.0600. The SMILES string of the molecule is CCc1cccc(C)c1NC(=O)Nc1cc(C(=O)OC)ccc1Cl. The third-order valence-electron chi connectivity index (χ3n) is 3.61. The van der Waals surface area contributed by atoms with Crippen molar-refractivity contribution in [2.45, 2.75) is 20.3 Å². The Balaban J connectivity index is 2.20. The van der Waals surface area contributed by atoms with Crippen molar-refractivity contribution in [2.75, 3.05) is 17.7 Å². The van der Waals surface area contributed by atoms with Crippen LogP contribution in [0, 0.1) is 6.92 Å². The minimum atomic E-state index is -0.498. The highest BCUT2D eigenvalue weighted by Gasteiger charge is 2.13. The van der Waals surface area contributed by atoms with E-state index in [4.69, 9.17) is 11.6 Å². The molecule has 2 rings (SSSR count). The first-order chi connectivity index (χ1) is 11.5. The van der Waals surface area contributed by atoms with E-state index in [0.717, 1.165) is 23.2 Å². The Morgan fingerprint density at radius 3 is 2.58 bits per heavy atom. The Labute approximate surface area is 146 Å². The second-order valence-electron chi connectivity index (χ2n) is 5.23. The van der Waals surface area contributed by atoms with Crippen molar-refractivity contribution in [3.8, 4) is 0 Å². The molecule has 0 radical (unpaired) electrons. The van der Waals surface area contributed by atoms with Gasteiger partial charge in [-0.1, -0.05) is 36.7 Å². The molecule has 2 aromatic carbocycles. The molecule has 0 heterocycles. The zero-order valence-electron chi connectivity index (χ0n) is 13.8. The fourth-order valence-electron chi connectivity index (χ4n) is 2.34. The normalized spacial score (nSPS) is 10.2. The van der Waals surface area contributed by atoms with E-state index >= 15 is 0 Å². The summed E-state index contributed by atoms with van der Waals surface area (Å²) >= 11 is 6.09. The van der Waals surface area contributed by atoms with Gasteiger partial charge >= 0.3 is 12.0 Å². The van der Waals surface area contributed by atoms with Crippen LogP contribution < -0.4 is 10.6 Å². The van der Waals surface area contributed by atoms with Crippen LogP contribution in [0.25, 0.3) is 0 Å². The van der Waals surface area contributed by atoms with Crippen molar-refractivity contribution in [3.05, 3.63) is 58.1 Å². The van der Waals surface area contributed by atoms with Crippen molar-refractivity contribution in [1.82, 2.24) is 0 Å². The van der Waals surface area contributed by atoms with Gasteiger partial charge in [0.05, 0.1) is 23.4 Å². The van der Waals surface area contributed by atoms with E-state index in [2.05, 4.69) is 15.4 Å². The highest BCUT2D eigenvalue weighted by atomic mass is 35.5. The van der Waals surface area contributed by atoms with Crippen LogP contribution in [0.5, 0.6) is 0 Å². The Kier molecular flexibility index (Phi) is 5.82. The Morgan fingerprint density at radius 1 is 1.17 bits per heavy atom. The molecule has 0 bridgehead atoms. The number of carbonyl (C=O) groups is 2. The summed E-state index contributed by atoms with van der Waals surface area (Å²) in [6.07, 6.45) is 0.801. The summed E-state index contributed by atoms with van der Waals surface area (Å²) in [5.74, 6) is -0.498. The van der Waals surface area contributed by atoms with Gasteiger partial charge in [-0.25, -0.2) is 9.59 Å². The fourth-order valence-corrected chi connectivity index (χ4v) is 2.50. The number of urea groups is 1. The zero-order chi connectivity index (χ0) is 17.7. The molecule has 0 spiro atoms. The Bertz CT molecular complexity index is 775. The van der Waals surface area contributed by atoms with Gasteiger partial charge in [0.15, 0.2) is 0 Å². The van der Waals surface area contributed by atoms with Gasteiger partial charge in [-0.15, -0.1) is 0 Å². The summed E-state index contributed by atoms with van der Waals surface area (Å²) in [7, 11) is 1.29. The van der Waals surface area contributed by atoms with Crippen LogP contribution in [-0.2, 0) is 11.2 Å². The van der Waals surface area contributed by atoms with E-state index < -0.39 is 12.0 Å². The topological polar surface area (TPSA) is 67.4 Å². The largest absolute Gasteiger partial charge is 0.465 e. The summed E-state index contributed by atoms with van der Waals surface area (Å²) < 4.78 is 4.67. The maximum atomic E-state index is 12.3. The molecule has 126 valence electrons. The standard InChI is InChI=1S/C18H19ClN2O3/c1-4-12-7-5-6-11(2)16(12)21-18(23)20-15-10-13(17(22)24-3)8-9-14(15)19/h5-10H,4H2,1-3H3,(H2,20,21,23). The number of aryl methyl sites for hydroxylation is 2. The molecular formula is C18H19ClN2O3. The second kappa shape index (κ2) is 7.84. The van der Waals surface area contributed by atoms with Crippen molar-refractivity contribution in [2.24, 2.45) is 0 Å². The van der Waals surface area contributed by atoms with Crippen molar-refractivity contribution >= 4 is 35.0 Å². The maximum absolute atomic E-state index is 12.3. The molecule has 0 aliphatic carbocycles. The molecule has 0 saturated heterocycles. The summed E-state index contributed by atoms with van der Waals surface area (Å²) in [4.78, 5) is 23.9. The summed E-state index contributed by atoms with van der Waals surface area (Å²) in [6.45, 7) is 3.95. The number of nitrogens with one attached hydrogen (secondary N) is 2. The van der Waals surface area contributed by atoms with E-state index in [-0.39, 0.29) is 0 Å². The van der Waals surface area contributed by atoms with Gasteiger partial charge in [0.1, 0.15) is 0 Å². The lowest BCUT2D eigenvalue weighted by Gasteiger charge is -2.14. The number of carbonyl (C=O) groups excluding carboxylic acids is 2. The Morgan fingerprint density at radius 2 is 1.92 bits per heavy atom.